The third kappa shape index (κ3) is 2.21. The maximum atomic E-state index is 5.50. The Hall–Kier alpha value is -1.89. The van der Waals surface area contributed by atoms with Crippen LogP contribution in [0, 0.1) is 11.7 Å². The van der Waals surface area contributed by atoms with Crippen LogP contribution in [0.25, 0.3) is 11.2 Å². The van der Waals surface area contributed by atoms with E-state index in [0.29, 0.717) is 6.54 Å². The summed E-state index contributed by atoms with van der Waals surface area (Å²) in [5.74, 6) is 0. The number of hydrogen-bond acceptors (Lipinski definition) is 3. The van der Waals surface area contributed by atoms with Gasteiger partial charge in [0, 0.05) is 25.4 Å². The van der Waals surface area contributed by atoms with Crippen molar-refractivity contribution in [2.24, 2.45) is 14.1 Å². The maximum Gasteiger partial charge on any atom is 0.179 e. The molecule has 7 heteroatoms. The molecule has 0 aromatic carbocycles. The molecule has 0 aliphatic carbocycles. The molecule has 3 rings (SSSR count). The fourth-order valence-electron chi connectivity index (χ4n) is 2.71. The van der Waals surface area contributed by atoms with E-state index in [0.717, 1.165) is 40.2 Å². The summed E-state index contributed by atoms with van der Waals surface area (Å²) in [5, 5.41) is 8.91. The van der Waals surface area contributed by atoms with E-state index in [1.54, 1.807) is 0 Å². The topological polar surface area (TPSA) is 56.4 Å². The second kappa shape index (κ2) is 5.14. The van der Waals surface area contributed by atoms with E-state index in [2.05, 4.69) is 33.6 Å². The zero-order valence-corrected chi connectivity index (χ0v) is 13.7. The van der Waals surface area contributed by atoms with E-state index in [1.807, 2.05) is 29.7 Å². The number of imidazole rings is 1. The quantitative estimate of drug-likeness (QED) is 0.753. The lowest BCUT2D eigenvalue weighted by atomic mass is 10.2. The van der Waals surface area contributed by atoms with Gasteiger partial charge >= 0.3 is 0 Å². The minimum absolute atomic E-state index is 0.712. The SMILES string of the molecule is CCCc1nn(C)c2c1[nH]c(=S)n2Cc1cnn(C)c1C. The van der Waals surface area contributed by atoms with Gasteiger partial charge in [-0.3, -0.25) is 13.9 Å². The summed E-state index contributed by atoms with van der Waals surface area (Å²) in [6.45, 7) is 4.94. The van der Waals surface area contributed by atoms with Gasteiger partial charge in [0.25, 0.3) is 0 Å². The molecule has 0 saturated carbocycles. The van der Waals surface area contributed by atoms with Crippen molar-refractivity contribution < 1.29 is 0 Å². The summed E-state index contributed by atoms with van der Waals surface area (Å²) in [5.41, 5.74) is 5.52. The lowest BCUT2D eigenvalue weighted by Gasteiger charge is -2.04. The summed E-state index contributed by atoms with van der Waals surface area (Å²) < 4.78 is 6.63. The fraction of sp³-hybridized carbons (Fsp3) is 0.500. The van der Waals surface area contributed by atoms with Crippen LogP contribution in [0.5, 0.6) is 0 Å². The van der Waals surface area contributed by atoms with Crippen LogP contribution in [-0.2, 0) is 27.1 Å². The molecule has 0 aliphatic heterocycles. The van der Waals surface area contributed by atoms with Crippen molar-refractivity contribution in [3.63, 3.8) is 0 Å². The van der Waals surface area contributed by atoms with E-state index in [1.165, 1.54) is 5.56 Å². The molecule has 0 amide bonds. The predicted molar refractivity (Wildman–Crippen MR) is 84.9 cm³/mol. The molecule has 6 nitrogen and oxygen atoms in total. The Labute approximate surface area is 128 Å². The first-order valence-electron chi connectivity index (χ1n) is 7.14. The van der Waals surface area contributed by atoms with Gasteiger partial charge in [0.1, 0.15) is 5.52 Å². The first-order valence-corrected chi connectivity index (χ1v) is 7.55. The zero-order valence-electron chi connectivity index (χ0n) is 12.8. The standard InChI is InChI=1S/C14H20N6S/c1-5-6-11-12-13(19(4)17-11)20(14(21)16-12)8-10-7-15-18(3)9(10)2/h7H,5-6,8H2,1-4H3,(H,16,21). The summed E-state index contributed by atoms with van der Waals surface area (Å²) in [6, 6.07) is 0. The fourth-order valence-corrected chi connectivity index (χ4v) is 2.96. The molecule has 0 spiro atoms. The second-order valence-corrected chi connectivity index (χ2v) is 5.80. The normalized spacial score (nSPS) is 11.6. The molecule has 1 N–H and O–H groups in total. The van der Waals surface area contributed by atoms with Gasteiger partial charge in [0.15, 0.2) is 10.4 Å². The van der Waals surface area contributed by atoms with Gasteiger partial charge in [-0.15, -0.1) is 0 Å². The molecule has 3 aromatic rings. The zero-order chi connectivity index (χ0) is 15.1. The van der Waals surface area contributed by atoms with Crippen LogP contribution >= 0.6 is 12.2 Å². The summed E-state index contributed by atoms with van der Waals surface area (Å²) >= 11 is 5.50. The third-order valence-electron chi connectivity index (χ3n) is 3.97. The Morgan fingerprint density at radius 3 is 2.67 bits per heavy atom. The largest absolute Gasteiger partial charge is 0.328 e. The second-order valence-electron chi connectivity index (χ2n) is 5.41. The smallest absolute Gasteiger partial charge is 0.179 e. The minimum Gasteiger partial charge on any atom is -0.328 e. The Morgan fingerprint density at radius 2 is 2.05 bits per heavy atom. The van der Waals surface area contributed by atoms with Crippen molar-refractivity contribution in [3.8, 4) is 0 Å². The molecule has 112 valence electrons. The first-order chi connectivity index (χ1) is 10.0. The van der Waals surface area contributed by atoms with Gasteiger partial charge < -0.3 is 4.98 Å². The molecule has 0 unspecified atom stereocenters. The van der Waals surface area contributed by atoms with Gasteiger partial charge in [-0.2, -0.15) is 10.2 Å². The van der Waals surface area contributed by atoms with Crippen molar-refractivity contribution in [1.29, 1.82) is 0 Å². The molecule has 21 heavy (non-hydrogen) atoms. The molecular weight excluding hydrogens is 284 g/mol. The molecule has 0 bridgehead atoms. The number of aromatic nitrogens is 6. The van der Waals surface area contributed by atoms with Crippen molar-refractivity contribution >= 4 is 23.4 Å². The van der Waals surface area contributed by atoms with Crippen LogP contribution < -0.4 is 0 Å². The highest BCUT2D eigenvalue weighted by molar-refractivity contribution is 7.71. The first kappa shape index (κ1) is 14.1. The number of aryl methyl sites for hydroxylation is 3. The van der Waals surface area contributed by atoms with E-state index >= 15 is 0 Å². The van der Waals surface area contributed by atoms with Crippen LogP contribution in [0.1, 0.15) is 30.3 Å². The van der Waals surface area contributed by atoms with Crippen LogP contribution in [0.15, 0.2) is 6.20 Å². The molecule has 0 atom stereocenters. The van der Waals surface area contributed by atoms with Gasteiger partial charge in [-0.25, -0.2) is 0 Å². The van der Waals surface area contributed by atoms with Crippen LogP contribution in [0.3, 0.4) is 0 Å². The van der Waals surface area contributed by atoms with Gasteiger partial charge in [-0.1, -0.05) is 13.3 Å². The molecule has 0 radical (unpaired) electrons. The van der Waals surface area contributed by atoms with E-state index in [4.69, 9.17) is 12.2 Å². The van der Waals surface area contributed by atoms with Crippen molar-refractivity contribution in [2.75, 3.05) is 0 Å². The number of hydrogen-bond donors (Lipinski definition) is 1. The van der Waals surface area contributed by atoms with Gasteiger partial charge in [-0.05, 0) is 25.6 Å². The number of nitrogens with zero attached hydrogens (tertiary/aromatic N) is 5. The van der Waals surface area contributed by atoms with Gasteiger partial charge in [0.2, 0.25) is 0 Å². The monoisotopic (exact) mass is 304 g/mol. The predicted octanol–water partition coefficient (Wildman–Crippen LogP) is 2.48. The van der Waals surface area contributed by atoms with E-state index < -0.39 is 0 Å². The third-order valence-corrected chi connectivity index (χ3v) is 4.30. The van der Waals surface area contributed by atoms with Crippen molar-refractivity contribution in [2.45, 2.75) is 33.2 Å². The van der Waals surface area contributed by atoms with Gasteiger partial charge in [0.05, 0.1) is 18.4 Å². The van der Waals surface area contributed by atoms with Crippen molar-refractivity contribution in [1.82, 2.24) is 29.1 Å². The van der Waals surface area contributed by atoms with Crippen LogP contribution in [-0.4, -0.2) is 29.1 Å². The highest BCUT2D eigenvalue weighted by atomic mass is 32.1. The number of aromatic amines is 1. The molecule has 0 fully saturated rings. The minimum atomic E-state index is 0.712. The highest BCUT2D eigenvalue weighted by Gasteiger charge is 2.16. The number of H-pyrrole nitrogens is 1. The summed E-state index contributed by atoms with van der Waals surface area (Å²) in [6.07, 6.45) is 3.93. The van der Waals surface area contributed by atoms with Crippen LogP contribution in [0.2, 0.25) is 0 Å². The average Bonchev–Trinajstić information content (AvgIpc) is 3.03. The molecule has 0 saturated heterocycles. The summed E-state index contributed by atoms with van der Waals surface area (Å²) in [7, 11) is 3.92. The average molecular weight is 304 g/mol. The molecule has 3 aromatic heterocycles. The Bertz CT molecular complexity index is 847. The lowest BCUT2D eigenvalue weighted by molar-refractivity contribution is 0.698. The van der Waals surface area contributed by atoms with Crippen LogP contribution in [0.4, 0.5) is 0 Å². The highest BCUT2D eigenvalue weighted by Crippen LogP contribution is 2.20. The maximum absolute atomic E-state index is 5.50. The molecule has 3 heterocycles. The van der Waals surface area contributed by atoms with E-state index in [9.17, 15) is 0 Å². The Morgan fingerprint density at radius 1 is 1.29 bits per heavy atom. The lowest BCUT2D eigenvalue weighted by Crippen LogP contribution is -2.05. The molecule has 0 aliphatic rings. The Kier molecular flexibility index (Phi) is 3.44. The van der Waals surface area contributed by atoms with Crippen molar-refractivity contribution in [3.05, 3.63) is 27.9 Å². The number of fused-ring (bicyclic) bond motifs is 1. The Balaban J connectivity index is 2.12. The molecular formula is C14H20N6S. The number of nitrogens with one attached hydrogen (secondary N) is 1. The summed E-state index contributed by atoms with van der Waals surface area (Å²) in [4.78, 5) is 3.32. The van der Waals surface area contributed by atoms with E-state index in [-0.39, 0.29) is 0 Å². The number of rotatable bonds is 4.